The van der Waals surface area contributed by atoms with E-state index in [1.165, 1.54) is 0 Å². The lowest BCUT2D eigenvalue weighted by Gasteiger charge is -2.19. The van der Waals surface area contributed by atoms with Crippen molar-refractivity contribution in [2.24, 2.45) is 0 Å². The Morgan fingerprint density at radius 3 is 2.31 bits per heavy atom. The van der Waals surface area contributed by atoms with Gasteiger partial charge in [0.1, 0.15) is 5.76 Å². The molecule has 0 fully saturated rings. The smallest absolute Gasteiger partial charge is 0.200 e. The Labute approximate surface area is 75.8 Å². The van der Waals surface area contributed by atoms with E-state index in [1.807, 2.05) is 18.2 Å². The van der Waals surface area contributed by atoms with Crippen molar-refractivity contribution < 1.29 is 9.90 Å². The summed E-state index contributed by atoms with van der Waals surface area (Å²) >= 11 is 0. The molecule has 1 N–H and O–H groups in total. The molecule has 0 saturated carbocycles. The highest BCUT2D eigenvalue weighted by molar-refractivity contribution is 6.38. The number of ketones is 1. The predicted molar refractivity (Wildman–Crippen MR) is 50.1 cm³/mol. The summed E-state index contributed by atoms with van der Waals surface area (Å²) in [7, 11) is 0. The Kier molecular flexibility index (Phi) is 1.55. The van der Waals surface area contributed by atoms with Crippen LogP contribution in [-0.4, -0.2) is 10.9 Å². The van der Waals surface area contributed by atoms with Gasteiger partial charge >= 0.3 is 0 Å². The van der Waals surface area contributed by atoms with Crippen molar-refractivity contribution in [3.05, 3.63) is 53.8 Å². The van der Waals surface area contributed by atoms with E-state index < -0.39 is 0 Å². The van der Waals surface area contributed by atoms with Crippen molar-refractivity contribution in [1.82, 2.24) is 0 Å². The third-order valence-electron chi connectivity index (χ3n) is 2.09. The molecule has 1 aliphatic rings. The van der Waals surface area contributed by atoms with Gasteiger partial charge in [-0.3, -0.25) is 4.79 Å². The number of Topliss-reactive ketones (excluding diaryl/α,β-unsaturated/α-hetero) is 1. The maximum atomic E-state index is 11.3. The first-order valence-electron chi connectivity index (χ1n) is 3.94. The molecule has 1 aromatic rings. The van der Waals surface area contributed by atoms with Crippen LogP contribution in [0.25, 0.3) is 5.57 Å². The van der Waals surface area contributed by atoms with Gasteiger partial charge in [0.15, 0.2) is 0 Å². The lowest BCUT2D eigenvalue weighted by Crippen LogP contribution is -2.19. The molecular weight excluding hydrogens is 164 g/mol. The minimum absolute atomic E-state index is 0.0243. The fourth-order valence-electron chi connectivity index (χ4n) is 1.33. The van der Waals surface area contributed by atoms with E-state index >= 15 is 0 Å². The quantitative estimate of drug-likeness (QED) is 0.658. The highest BCUT2D eigenvalue weighted by Crippen LogP contribution is 2.34. The van der Waals surface area contributed by atoms with Gasteiger partial charge in [-0.05, 0) is 5.56 Å². The Balaban J connectivity index is 2.51. The van der Waals surface area contributed by atoms with E-state index in [0.29, 0.717) is 5.57 Å². The summed E-state index contributed by atoms with van der Waals surface area (Å²) in [6, 6.07) is 9.08. The molecule has 64 valence electrons. The average molecular weight is 172 g/mol. The van der Waals surface area contributed by atoms with Gasteiger partial charge in [-0.2, -0.15) is 0 Å². The van der Waals surface area contributed by atoms with Crippen LogP contribution in [0.2, 0.25) is 0 Å². The third-order valence-corrected chi connectivity index (χ3v) is 2.09. The SMILES string of the molecule is C=C1C(=O)C(c2ccccc2)=C1O. The van der Waals surface area contributed by atoms with Gasteiger partial charge in [0, 0.05) is 0 Å². The fourth-order valence-corrected chi connectivity index (χ4v) is 1.33. The number of allylic oxidation sites excluding steroid dienone is 2. The van der Waals surface area contributed by atoms with E-state index in [9.17, 15) is 9.90 Å². The Bertz CT molecular complexity index is 413. The lowest BCUT2D eigenvalue weighted by molar-refractivity contribution is -0.111. The van der Waals surface area contributed by atoms with E-state index in [-0.39, 0.29) is 17.1 Å². The number of rotatable bonds is 1. The van der Waals surface area contributed by atoms with Gasteiger partial charge in [-0.25, -0.2) is 0 Å². The molecule has 0 radical (unpaired) electrons. The zero-order valence-electron chi connectivity index (χ0n) is 6.95. The topological polar surface area (TPSA) is 37.3 Å². The van der Waals surface area contributed by atoms with Crippen LogP contribution in [0.4, 0.5) is 0 Å². The first kappa shape index (κ1) is 7.80. The lowest BCUT2D eigenvalue weighted by atomic mass is 9.85. The minimum Gasteiger partial charge on any atom is -0.506 e. The highest BCUT2D eigenvalue weighted by Gasteiger charge is 2.32. The van der Waals surface area contributed by atoms with E-state index in [2.05, 4.69) is 6.58 Å². The zero-order chi connectivity index (χ0) is 9.42. The van der Waals surface area contributed by atoms with Gasteiger partial charge in [-0.1, -0.05) is 36.9 Å². The van der Waals surface area contributed by atoms with Gasteiger partial charge in [0.05, 0.1) is 11.1 Å². The van der Waals surface area contributed by atoms with Gasteiger partial charge in [0.25, 0.3) is 0 Å². The Morgan fingerprint density at radius 1 is 1.15 bits per heavy atom. The van der Waals surface area contributed by atoms with Crippen molar-refractivity contribution in [1.29, 1.82) is 0 Å². The van der Waals surface area contributed by atoms with Gasteiger partial charge < -0.3 is 5.11 Å². The van der Waals surface area contributed by atoms with Crippen LogP contribution in [0.1, 0.15) is 5.56 Å². The third kappa shape index (κ3) is 0.991. The molecule has 1 aromatic carbocycles. The monoisotopic (exact) mass is 172 g/mol. The first-order valence-corrected chi connectivity index (χ1v) is 3.94. The standard InChI is InChI=1S/C11H8O2/c1-7-10(12)9(11(7)13)8-5-3-2-4-6-8/h2-6,12H,1H2. The summed E-state index contributed by atoms with van der Waals surface area (Å²) in [5.41, 5.74) is 1.34. The number of aliphatic hydroxyl groups excluding tert-OH is 1. The van der Waals surface area contributed by atoms with Gasteiger partial charge in [0.2, 0.25) is 5.78 Å². The average Bonchev–Trinajstić information content (AvgIpc) is 2.19. The molecule has 0 atom stereocenters. The molecule has 0 spiro atoms. The van der Waals surface area contributed by atoms with Crippen LogP contribution in [-0.2, 0) is 4.79 Å². The number of hydrogen-bond donors (Lipinski definition) is 1. The van der Waals surface area contributed by atoms with Crippen molar-refractivity contribution in [2.45, 2.75) is 0 Å². The number of carbonyl (C=O) groups excluding carboxylic acids is 1. The predicted octanol–water partition coefficient (Wildman–Crippen LogP) is 2.09. The maximum absolute atomic E-state index is 11.3. The molecule has 2 rings (SSSR count). The van der Waals surface area contributed by atoms with Crippen LogP contribution in [0, 0.1) is 0 Å². The van der Waals surface area contributed by atoms with Crippen LogP contribution in [0.3, 0.4) is 0 Å². The molecule has 13 heavy (non-hydrogen) atoms. The molecule has 2 nitrogen and oxygen atoms in total. The molecule has 2 heteroatoms. The number of hydrogen-bond acceptors (Lipinski definition) is 2. The van der Waals surface area contributed by atoms with Crippen LogP contribution in [0.5, 0.6) is 0 Å². The van der Waals surface area contributed by atoms with Crippen LogP contribution >= 0.6 is 0 Å². The zero-order valence-corrected chi connectivity index (χ0v) is 6.95. The Morgan fingerprint density at radius 2 is 1.77 bits per heavy atom. The van der Waals surface area contributed by atoms with Gasteiger partial charge in [-0.15, -0.1) is 0 Å². The van der Waals surface area contributed by atoms with Crippen molar-refractivity contribution in [3.63, 3.8) is 0 Å². The molecular formula is C11H8O2. The number of benzene rings is 1. The minimum atomic E-state index is -0.163. The first-order chi connectivity index (χ1) is 6.22. The second-order valence-corrected chi connectivity index (χ2v) is 2.90. The molecule has 0 saturated heterocycles. The van der Waals surface area contributed by atoms with Crippen LogP contribution in [0.15, 0.2) is 48.2 Å². The van der Waals surface area contributed by atoms with Crippen molar-refractivity contribution >= 4 is 11.4 Å². The fraction of sp³-hybridized carbons (Fsp3) is 0. The molecule has 0 heterocycles. The largest absolute Gasteiger partial charge is 0.506 e. The number of carbonyl (C=O) groups is 1. The second-order valence-electron chi connectivity index (χ2n) is 2.90. The summed E-state index contributed by atoms with van der Waals surface area (Å²) in [4.78, 5) is 11.3. The number of aliphatic hydroxyl groups is 1. The summed E-state index contributed by atoms with van der Waals surface area (Å²) in [6.45, 7) is 3.44. The van der Waals surface area contributed by atoms with E-state index in [1.54, 1.807) is 12.1 Å². The second kappa shape index (κ2) is 2.59. The maximum Gasteiger partial charge on any atom is 0.200 e. The summed E-state index contributed by atoms with van der Waals surface area (Å²) in [6.07, 6.45) is 0. The molecule has 0 amide bonds. The highest BCUT2D eigenvalue weighted by atomic mass is 16.3. The molecule has 0 unspecified atom stereocenters. The molecule has 0 aromatic heterocycles. The summed E-state index contributed by atoms with van der Waals surface area (Å²) < 4.78 is 0. The summed E-state index contributed by atoms with van der Waals surface area (Å²) in [5.74, 6) is -0.139. The Hall–Kier alpha value is -1.83. The van der Waals surface area contributed by atoms with Crippen molar-refractivity contribution in [2.75, 3.05) is 0 Å². The molecule has 0 aliphatic heterocycles. The molecule has 1 aliphatic carbocycles. The molecule has 0 bridgehead atoms. The summed E-state index contributed by atoms with van der Waals surface area (Å²) in [5, 5.41) is 9.36. The normalized spacial score (nSPS) is 16.0. The van der Waals surface area contributed by atoms with Crippen molar-refractivity contribution in [3.8, 4) is 0 Å². The van der Waals surface area contributed by atoms with E-state index in [0.717, 1.165) is 5.56 Å². The van der Waals surface area contributed by atoms with E-state index in [4.69, 9.17) is 0 Å². The van der Waals surface area contributed by atoms with Crippen LogP contribution < -0.4 is 0 Å².